The Morgan fingerprint density at radius 2 is 1.86 bits per heavy atom. The summed E-state index contributed by atoms with van der Waals surface area (Å²) >= 11 is 8.78. The Kier molecular flexibility index (Phi) is 5.08. The quantitative estimate of drug-likeness (QED) is 0.589. The van der Waals surface area contributed by atoms with Crippen LogP contribution >= 0.6 is 28.1 Å². The van der Waals surface area contributed by atoms with Crippen LogP contribution in [0, 0.1) is 0 Å². The normalized spacial score (nSPS) is 16.7. The number of benzene rings is 1. The summed E-state index contributed by atoms with van der Waals surface area (Å²) in [5.41, 5.74) is 1.34. The first-order valence-electron chi connectivity index (χ1n) is 6.67. The molecule has 0 aliphatic carbocycles. The Balaban J connectivity index is 2.49. The summed E-state index contributed by atoms with van der Waals surface area (Å²) in [7, 11) is 4.94. The van der Waals surface area contributed by atoms with E-state index in [4.69, 9.17) is 21.7 Å². The van der Waals surface area contributed by atoms with Gasteiger partial charge in [-0.05, 0) is 42.9 Å². The Hall–Kier alpha value is -1.60. The number of hydrogen-bond donors (Lipinski definition) is 0. The van der Waals surface area contributed by atoms with Crippen LogP contribution in [0.4, 0.5) is 0 Å². The van der Waals surface area contributed by atoms with Crippen molar-refractivity contribution in [2.24, 2.45) is 0 Å². The lowest BCUT2D eigenvalue weighted by molar-refractivity contribution is -0.122. The molecule has 1 aromatic rings. The third kappa shape index (κ3) is 2.83. The number of thiocarbonyl (C=S) groups is 1. The van der Waals surface area contributed by atoms with E-state index in [1.807, 2.05) is 13.0 Å². The molecule has 1 amide bonds. The smallest absolute Gasteiger partial charge is 0.276 e. The molecule has 0 radical (unpaired) electrons. The predicted molar refractivity (Wildman–Crippen MR) is 93.0 cm³/mol. The highest BCUT2D eigenvalue weighted by Crippen LogP contribution is 2.35. The second-order valence-corrected chi connectivity index (χ2v) is 5.87. The lowest BCUT2D eigenvalue weighted by Gasteiger charge is -2.14. The molecule has 1 aliphatic heterocycles. The Labute approximate surface area is 143 Å². The maximum absolute atomic E-state index is 12.4. The van der Waals surface area contributed by atoms with Crippen molar-refractivity contribution >= 4 is 45.2 Å². The summed E-state index contributed by atoms with van der Waals surface area (Å²) in [5.74, 6) is 1.12. The van der Waals surface area contributed by atoms with Gasteiger partial charge in [-0.25, -0.2) is 0 Å². The minimum atomic E-state index is -0.100. The van der Waals surface area contributed by atoms with E-state index >= 15 is 0 Å². The lowest BCUT2D eigenvalue weighted by Crippen LogP contribution is -2.30. The molecule has 7 heteroatoms. The van der Waals surface area contributed by atoms with Crippen LogP contribution in [0.3, 0.4) is 0 Å². The van der Waals surface area contributed by atoms with Crippen molar-refractivity contribution in [3.8, 4) is 11.5 Å². The average Bonchev–Trinajstić information content (AvgIpc) is 2.71. The van der Waals surface area contributed by atoms with Crippen LogP contribution in [-0.4, -0.2) is 48.6 Å². The SMILES string of the molecule is CCN1C(=O)/C(=C/c2cc(OC)c(OC)cc2Br)N(C)C1=S. The van der Waals surface area contributed by atoms with Gasteiger partial charge in [0.1, 0.15) is 5.70 Å². The molecule has 1 aliphatic rings. The monoisotopic (exact) mass is 384 g/mol. The number of rotatable bonds is 4. The maximum Gasteiger partial charge on any atom is 0.276 e. The van der Waals surface area contributed by atoms with Crippen molar-refractivity contribution in [2.75, 3.05) is 27.8 Å². The molecule has 0 aromatic heterocycles. The van der Waals surface area contributed by atoms with E-state index in [9.17, 15) is 4.79 Å². The van der Waals surface area contributed by atoms with Crippen molar-refractivity contribution in [1.82, 2.24) is 9.80 Å². The molecule has 118 valence electrons. The van der Waals surface area contributed by atoms with Crippen LogP contribution in [-0.2, 0) is 4.79 Å². The molecule has 0 spiro atoms. The number of amides is 1. The second kappa shape index (κ2) is 6.66. The van der Waals surface area contributed by atoms with Crippen molar-refractivity contribution in [1.29, 1.82) is 0 Å². The highest BCUT2D eigenvalue weighted by molar-refractivity contribution is 9.10. The Morgan fingerprint density at radius 3 is 2.36 bits per heavy atom. The second-order valence-electron chi connectivity index (χ2n) is 4.65. The molecule has 1 saturated heterocycles. The van der Waals surface area contributed by atoms with E-state index < -0.39 is 0 Å². The van der Waals surface area contributed by atoms with Crippen LogP contribution in [0.1, 0.15) is 12.5 Å². The topological polar surface area (TPSA) is 42.0 Å². The largest absolute Gasteiger partial charge is 0.493 e. The molecule has 0 bridgehead atoms. The molecule has 5 nitrogen and oxygen atoms in total. The first kappa shape index (κ1) is 16.8. The number of carbonyl (C=O) groups is 1. The van der Waals surface area contributed by atoms with E-state index in [1.54, 1.807) is 43.2 Å². The first-order chi connectivity index (χ1) is 10.4. The molecular formula is C15H17BrN2O3S. The van der Waals surface area contributed by atoms with Crippen LogP contribution in [0.2, 0.25) is 0 Å². The molecule has 0 unspecified atom stereocenters. The third-order valence-electron chi connectivity index (χ3n) is 3.45. The molecule has 0 atom stereocenters. The fourth-order valence-corrected chi connectivity index (χ4v) is 2.97. The minimum absolute atomic E-state index is 0.100. The molecule has 2 rings (SSSR count). The summed E-state index contributed by atoms with van der Waals surface area (Å²) in [6.45, 7) is 2.44. The van der Waals surface area contributed by atoms with E-state index in [2.05, 4.69) is 15.9 Å². The third-order valence-corrected chi connectivity index (χ3v) is 4.64. The summed E-state index contributed by atoms with van der Waals surface area (Å²) in [6, 6.07) is 3.62. The van der Waals surface area contributed by atoms with Gasteiger partial charge in [0.25, 0.3) is 5.91 Å². The van der Waals surface area contributed by atoms with Crippen molar-refractivity contribution in [3.05, 3.63) is 27.9 Å². The van der Waals surface area contributed by atoms with E-state index in [-0.39, 0.29) is 5.91 Å². The van der Waals surface area contributed by atoms with E-state index in [1.165, 1.54) is 0 Å². The number of likely N-dealkylation sites (N-methyl/N-ethyl adjacent to an activating group) is 2. The lowest BCUT2D eigenvalue weighted by atomic mass is 10.1. The summed E-state index contributed by atoms with van der Waals surface area (Å²) in [5, 5.41) is 0.510. The molecular weight excluding hydrogens is 368 g/mol. The van der Waals surface area contributed by atoms with Crippen LogP contribution in [0.5, 0.6) is 11.5 Å². The number of carbonyl (C=O) groups excluding carboxylic acids is 1. The van der Waals surface area contributed by atoms with Crippen molar-refractivity contribution in [2.45, 2.75) is 6.92 Å². The fourth-order valence-electron chi connectivity index (χ4n) is 2.22. The standard InChI is InChI=1S/C15H17BrN2O3S/c1-5-18-14(19)11(17(2)15(18)22)6-9-7-12(20-3)13(21-4)8-10(9)16/h6-8H,5H2,1-4H3/b11-6-. The molecule has 0 saturated carbocycles. The molecule has 1 fully saturated rings. The zero-order chi connectivity index (χ0) is 16.4. The molecule has 1 aromatic carbocycles. The van der Waals surface area contributed by atoms with E-state index in [0.29, 0.717) is 28.9 Å². The number of methoxy groups -OCH3 is 2. The van der Waals surface area contributed by atoms with Gasteiger partial charge in [-0.3, -0.25) is 9.69 Å². The van der Waals surface area contributed by atoms with Gasteiger partial charge in [0.2, 0.25) is 0 Å². The van der Waals surface area contributed by atoms with Crippen molar-refractivity contribution < 1.29 is 14.3 Å². The van der Waals surface area contributed by atoms with Gasteiger partial charge < -0.3 is 14.4 Å². The van der Waals surface area contributed by atoms with Crippen LogP contribution in [0.15, 0.2) is 22.3 Å². The molecule has 0 N–H and O–H groups in total. The Bertz CT molecular complexity index is 660. The number of ether oxygens (including phenoxy) is 2. The molecule has 22 heavy (non-hydrogen) atoms. The van der Waals surface area contributed by atoms with Gasteiger partial charge in [0.05, 0.1) is 14.2 Å². The van der Waals surface area contributed by atoms with Gasteiger partial charge >= 0.3 is 0 Å². The highest BCUT2D eigenvalue weighted by atomic mass is 79.9. The number of nitrogens with zero attached hydrogens (tertiary/aromatic N) is 2. The number of halogens is 1. The zero-order valence-corrected chi connectivity index (χ0v) is 15.2. The summed E-state index contributed by atoms with van der Waals surface area (Å²) in [4.78, 5) is 15.7. The van der Waals surface area contributed by atoms with Gasteiger partial charge in [-0.1, -0.05) is 15.9 Å². The first-order valence-corrected chi connectivity index (χ1v) is 7.87. The fraction of sp³-hybridized carbons (Fsp3) is 0.333. The number of hydrogen-bond acceptors (Lipinski definition) is 4. The van der Waals surface area contributed by atoms with Gasteiger partial charge in [0, 0.05) is 18.1 Å². The maximum atomic E-state index is 12.4. The molecule has 1 heterocycles. The zero-order valence-electron chi connectivity index (χ0n) is 12.8. The summed E-state index contributed by atoms with van der Waals surface area (Å²) < 4.78 is 11.4. The van der Waals surface area contributed by atoms with Gasteiger partial charge in [0.15, 0.2) is 16.6 Å². The Morgan fingerprint density at radius 1 is 1.27 bits per heavy atom. The van der Waals surface area contributed by atoms with Gasteiger partial charge in [-0.2, -0.15) is 0 Å². The van der Waals surface area contributed by atoms with Gasteiger partial charge in [-0.15, -0.1) is 0 Å². The van der Waals surface area contributed by atoms with Crippen LogP contribution in [0.25, 0.3) is 6.08 Å². The van der Waals surface area contributed by atoms with E-state index in [0.717, 1.165) is 10.0 Å². The summed E-state index contributed by atoms with van der Waals surface area (Å²) in [6.07, 6.45) is 1.79. The van der Waals surface area contributed by atoms with Crippen LogP contribution < -0.4 is 9.47 Å². The highest BCUT2D eigenvalue weighted by Gasteiger charge is 2.34. The predicted octanol–water partition coefficient (Wildman–Crippen LogP) is 2.89. The minimum Gasteiger partial charge on any atom is -0.493 e. The average molecular weight is 385 g/mol. The van der Waals surface area contributed by atoms with Crippen molar-refractivity contribution in [3.63, 3.8) is 0 Å².